The van der Waals surface area contributed by atoms with E-state index in [1.54, 1.807) is 6.07 Å². The lowest BCUT2D eigenvalue weighted by Crippen LogP contribution is -2.26. The molecule has 126 valence electrons. The van der Waals surface area contributed by atoms with Gasteiger partial charge in [0.15, 0.2) is 0 Å². The van der Waals surface area contributed by atoms with Gasteiger partial charge in [0.1, 0.15) is 5.69 Å². The van der Waals surface area contributed by atoms with Crippen LogP contribution in [0.1, 0.15) is 46.7 Å². The molecule has 0 spiro atoms. The first kappa shape index (κ1) is 17.7. The zero-order valence-corrected chi connectivity index (χ0v) is 14.3. The van der Waals surface area contributed by atoms with Crippen LogP contribution in [0.2, 0.25) is 0 Å². The van der Waals surface area contributed by atoms with Gasteiger partial charge in [-0.15, -0.1) is 0 Å². The maximum atomic E-state index is 12.3. The number of anilines is 1. The van der Waals surface area contributed by atoms with Gasteiger partial charge in [0, 0.05) is 24.0 Å². The summed E-state index contributed by atoms with van der Waals surface area (Å²) < 4.78 is 0. The number of hydrogen-bond acceptors (Lipinski definition) is 3. The molecule has 24 heavy (non-hydrogen) atoms. The lowest BCUT2D eigenvalue weighted by atomic mass is 10.1. The summed E-state index contributed by atoms with van der Waals surface area (Å²) in [5.41, 5.74) is 2.35. The highest BCUT2D eigenvalue weighted by Gasteiger charge is 2.12. The molecule has 2 aromatic rings. The van der Waals surface area contributed by atoms with E-state index in [2.05, 4.69) is 29.5 Å². The highest BCUT2D eigenvalue weighted by Crippen LogP contribution is 2.14. The van der Waals surface area contributed by atoms with Crippen LogP contribution in [0.25, 0.3) is 0 Å². The Morgan fingerprint density at radius 2 is 1.88 bits per heavy atom. The average molecular weight is 325 g/mol. The van der Waals surface area contributed by atoms with E-state index in [4.69, 9.17) is 0 Å². The van der Waals surface area contributed by atoms with Gasteiger partial charge < -0.3 is 10.6 Å². The number of amides is 2. The maximum absolute atomic E-state index is 12.3. The third-order valence-corrected chi connectivity index (χ3v) is 3.66. The normalized spacial score (nSPS) is 10.5. The number of hydrogen-bond donors (Lipinski definition) is 2. The molecule has 1 heterocycles. The first-order valence-electron chi connectivity index (χ1n) is 8.08. The van der Waals surface area contributed by atoms with E-state index in [0.717, 1.165) is 17.7 Å². The van der Waals surface area contributed by atoms with Crippen LogP contribution >= 0.6 is 0 Å². The number of pyridine rings is 1. The molecular formula is C19H23N3O2. The summed E-state index contributed by atoms with van der Waals surface area (Å²) in [5.74, 6) is 0.00214. The molecule has 0 atom stereocenters. The van der Waals surface area contributed by atoms with Crippen LogP contribution in [0.5, 0.6) is 0 Å². The predicted octanol–water partition coefficient (Wildman–Crippen LogP) is 3.42. The van der Waals surface area contributed by atoms with Gasteiger partial charge in [-0.25, -0.2) is 0 Å². The fourth-order valence-electron chi connectivity index (χ4n) is 2.17. The van der Waals surface area contributed by atoms with Gasteiger partial charge >= 0.3 is 0 Å². The molecule has 2 N–H and O–H groups in total. The number of para-hydroxylation sites is 1. The Balaban J connectivity index is 2.05. The van der Waals surface area contributed by atoms with E-state index in [1.165, 1.54) is 12.3 Å². The number of rotatable bonds is 6. The monoisotopic (exact) mass is 325 g/mol. The largest absolute Gasteiger partial charge is 0.352 e. The number of nitrogens with zero attached hydrogens (tertiary/aromatic N) is 1. The SMILES string of the molecule is Cc1ccccc1NC(=O)c1cc(C(=O)NCCC(C)C)ccn1. The standard InChI is InChI=1S/C19H23N3O2/c1-13(2)8-10-21-18(23)15-9-11-20-17(12-15)19(24)22-16-7-5-4-6-14(16)3/h4-7,9,11-13H,8,10H2,1-3H3,(H,21,23)(H,22,24). The first-order chi connectivity index (χ1) is 11.5. The summed E-state index contributed by atoms with van der Waals surface area (Å²) in [4.78, 5) is 28.5. The Morgan fingerprint density at radius 3 is 2.58 bits per heavy atom. The van der Waals surface area contributed by atoms with E-state index in [9.17, 15) is 9.59 Å². The zero-order chi connectivity index (χ0) is 17.5. The van der Waals surface area contributed by atoms with Gasteiger partial charge in [-0.1, -0.05) is 32.0 Å². The van der Waals surface area contributed by atoms with Crippen LogP contribution in [0.15, 0.2) is 42.6 Å². The minimum Gasteiger partial charge on any atom is -0.352 e. The second-order valence-electron chi connectivity index (χ2n) is 6.14. The van der Waals surface area contributed by atoms with E-state index in [-0.39, 0.29) is 17.5 Å². The molecule has 0 unspecified atom stereocenters. The minimum absolute atomic E-state index is 0.192. The number of carbonyl (C=O) groups excluding carboxylic acids is 2. The van der Waals surface area contributed by atoms with Gasteiger partial charge in [0.05, 0.1) is 0 Å². The van der Waals surface area contributed by atoms with Crippen molar-refractivity contribution in [1.29, 1.82) is 0 Å². The van der Waals surface area contributed by atoms with Crippen LogP contribution in [-0.4, -0.2) is 23.3 Å². The minimum atomic E-state index is -0.332. The molecule has 0 aliphatic carbocycles. The average Bonchev–Trinajstić information content (AvgIpc) is 2.56. The fourth-order valence-corrected chi connectivity index (χ4v) is 2.17. The van der Waals surface area contributed by atoms with Crippen molar-refractivity contribution in [2.24, 2.45) is 5.92 Å². The molecule has 5 nitrogen and oxygen atoms in total. The number of benzene rings is 1. The van der Waals surface area contributed by atoms with Crippen molar-refractivity contribution in [2.45, 2.75) is 27.2 Å². The van der Waals surface area contributed by atoms with Gasteiger partial charge in [-0.05, 0) is 43.0 Å². The highest BCUT2D eigenvalue weighted by atomic mass is 16.2. The molecule has 0 bridgehead atoms. The summed E-state index contributed by atoms with van der Waals surface area (Å²) >= 11 is 0. The van der Waals surface area contributed by atoms with Crippen molar-refractivity contribution >= 4 is 17.5 Å². The van der Waals surface area contributed by atoms with Crippen LogP contribution in [-0.2, 0) is 0 Å². The van der Waals surface area contributed by atoms with E-state index >= 15 is 0 Å². The predicted molar refractivity (Wildman–Crippen MR) is 95.2 cm³/mol. The van der Waals surface area contributed by atoms with Crippen LogP contribution in [0.3, 0.4) is 0 Å². The van der Waals surface area contributed by atoms with Gasteiger partial charge in [0.25, 0.3) is 11.8 Å². The number of nitrogens with one attached hydrogen (secondary N) is 2. The Hall–Kier alpha value is -2.69. The molecule has 2 rings (SSSR count). The van der Waals surface area contributed by atoms with Crippen LogP contribution in [0, 0.1) is 12.8 Å². The molecule has 0 fully saturated rings. The van der Waals surface area contributed by atoms with E-state index < -0.39 is 0 Å². The zero-order valence-electron chi connectivity index (χ0n) is 14.3. The molecule has 0 aliphatic heterocycles. The van der Waals surface area contributed by atoms with E-state index in [1.807, 2.05) is 31.2 Å². The van der Waals surface area contributed by atoms with Gasteiger partial charge in [-0.2, -0.15) is 0 Å². The first-order valence-corrected chi connectivity index (χ1v) is 8.08. The molecule has 0 aliphatic rings. The summed E-state index contributed by atoms with van der Waals surface area (Å²) in [7, 11) is 0. The van der Waals surface area contributed by atoms with Crippen molar-refractivity contribution in [1.82, 2.24) is 10.3 Å². The second kappa shape index (κ2) is 8.24. The van der Waals surface area contributed by atoms with Crippen LogP contribution in [0.4, 0.5) is 5.69 Å². The van der Waals surface area contributed by atoms with Crippen molar-refractivity contribution in [3.8, 4) is 0 Å². The van der Waals surface area contributed by atoms with Gasteiger partial charge in [0.2, 0.25) is 0 Å². The number of carbonyl (C=O) groups is 2. The molecular weight excluding hydrogens is 302 g/mol. The number of aryl methyl sites for hydroxylation is 1. The molecule has 0 saturated heterocycles. The van der Waals surface area contributed by atoms with Gasteiger partial charge in [-0.3, -0.25) is 14.6 Å². The molecule has 5 heteroatoms. The fraction of sp³-hybridized carbons (Fsp3) is 0.316. The third-order valence-electron chi connectivity index (χ3n) is 3.66. The van der Waals surface area contributed by atoms with E-state index in [0.29, 0.717) is 18.0 Å². The van der Waals surface area contributed by atoms with Crippen molar-refractivity contribution in [3.05, 3.63) is 59.4 Å². The summed E-state index contributed by atoms with van der Waals surface area (Å²) in [6.07, 6.45) is 2.39. The van der Waals surface area contributed by atoms with Crippen molar-refractivity contribution in [2.75, 3.05) is 11.9 Å². The molecule has 0 saturated carbocycles. The summed E-state index contributed by atoms with van der Waals surface area (Å²) in [5, 5.41) is 5.67. The van der Waals surface area contributed by atoms with Crippen molar-refractivity contribution < 1.29 is 9.59 Å². The maximum Gasteiger partial charge on any atom is 0.274 e. The Labute approximate surface area is 142 Å². The van der Waals surface area contributed by atoms with Crippen LogP contribution < -0.4 is 10.6 Å². The smallest absolute Gasteiger partial charge is 0.274 e. The second-order valence-corrected chi connectivity index (χ2v) is 6.14. The lowest BCUT2D eigenvalue weighted by Gasteiger charge is -2.09. The Bertz CT molecular complexity index is 726. The Morgan fingerprint density at radius 1 is 1.12 bits per heavy atom. The third kappa shape index (κ3) is 4.91. The molecule has 1 aromatic carbocycles. The summed E-state index contributed by atoms with van der Waals surface area (Å²) in [6.45, 7) is 6.74. The Kier molecular flexibility index (Phi) is 6.07. The highest BCUT2D eigenvalue weighted by molar-refractivity contribution is 6.05. The molecule has 1 aromatic heterocycles. The molecule has 0 radical (unpaired) electrons. The lowest BCUT2D eigenvalue weighted by molar-refractivity contribution is 0.0952. The topological polar surface area (TPSA) is 71.1 Å². The quantitative estimate of drug-likeness (QED) is 0.855. The summed E-state index contributed by atoms with van der Waals surface area (Å²) in [6, 6.07) is 10.6. The van der Waals surface area contributed by atoms with Crippen molar-refractivity contribution in [3.63, 3.8) is 0 Å². The molecule has 2 amide bonds. The number of aromatic nitrogens is 1.